The lowest BCUT2D eigenvalue weighted by Gasteiger charge is -2.34. The van der Waals surface area contributed by atoms with E-state index >= 15 is 0 Å². The first-order chi connectivity index (χ1) is 16.7. The highest BCUT2D eigenvalue weighted by atomic mass is 35.5. The molecular formula is C29H33ClN2O3. The Hall–Kier alpha value is -3.31. The third kappa shape index (κ3) is 7.86. The highest BCUT2D eigenvalue weighted by Crippen LogP contribution is 2.22. The zero-order valence-corrected chi connectivity index (χ0v) is 21.5. The van der Waals surface area contributed by atoms with E-state index in [-0.39, 0.29) is 24.8 Å². The fourth-order valence-corrected chi connectivity index (χ4v) is 4.08. The number of amides is 2. The third-order valence-corrected chi connectivity index (χ3v) is 5.92. The molecule has 0 unspecified atom stereocenters. The van der Waals surface area contributed by atoms with Crippen LogP contribution in [0.1, 0.15) is 37.5 Å². The SMILES string of the molecule is COc1cccc(CN(C(=O)Cc2ccccc2Cl)[C@@H](Cc2ccccc2)C(=O)NC(C)(C)C)c1. The summed E-state index contributed by atoms with van der Waals surface area (Å²) >= 11 is 6.37. The number of rotatable bonds is 9. The van der Waals surface area contributed by atoms with E-state index in [2.05, 4.69) is 5.32 Å². The molecule has 184 valence electrons. The second-order valence-electron chi connectivity index (χ2n) is 9.59. The number of nitrogens with zero attached hydrogens (tertiary/aromatic N) is 1. The molecule has 0 heterocycles. The van der Waals surface area contributed by atoms with Gasteiger partial charge in [0.15, 0.2) is 0 Å². The summed E-state index contributed by atoms with van der Waals surface area (Å²) in [7, 11) is 1.61. The molecule has 2 amide bonds. The number of nitrogens with one attached hydrogen (secondary N) is 1. The highest BCUT2D eigenvalue weighted by Gasteiger charge is 2.32. The molecular weight excluding hydrogens is 460 g/mol. The summed E-state index contributed by atoms with van der Waals surface area (Å²) < 4.78 is 5.38. The van der Waals surface area contributed by atoms with E-state index in [0.717, 1.165) is 16.7 Å². The van der Waals surface area contributed by atoms with Crippen molar-refractivity contribution in [1.82, 2.24) is 10.2 Å². The minimum atomic E-state index is -0.710. The van der Waals surface area contributed by atoms with E-state index in [1.165, 1.54) is 0 Å². The predicted molar refractivity (Wildman–Crippen MR) is 141 cm³/mol. The number of hydrogen-bond acceptors (Lipinski definition) is 3. The van der Waals surface area contributed by atoms with Gasteiger partial charge in [-0.2, -0.15) is 0 Å². The van der Waals surface area contributed by atoms with Crippen LogP contribution in [0.15, 0.2) is 78.9 Å². The van der Waals surface area contributed by atoms with E-state index in [0.29, 0.717) is 17.2 Å². The Bertz CT molecular complexity index is 1140. The number of hydrogen-bond donors (Lipinski definition) is 1. The highest BCUT2D eigenvalue weighted by molar-refractivity contribution is 6.31. The zero-order chi connectivity index (χ0) is 25.4. The van der Waals surface area contributed by atoms with Gasteiger partial charge in [-0.1, -0.05) is 72.3 Å². The Morgan fingerprint density at radius 1 is 0.943 bits per heavy atom. The van der Waals surface area contributed by atoms with E-state index in [1.54, 1.807) is 18.1 Å². The first-order valence-corrected chi connectivity index (χ1v) is 12.1. The maximum Gasteiger partial charge on any atom is 0.243 e. The van der Waals surface area contributed by atoms with Crippen molar-refractivity contribution in [1.29, 1.82) is 0 Å². The van der Waals surface area contributed by atoms with E-state index in [4.69, 9.17) is 16.3 Å². The molecule has 3 aromatic carbocycles. The molecule has 0 aliphatic carbocycles. The Morgan fingerprint density at radius 2 is 1.60 bits per heavy atom. The van der Waals surface area contributed by atoms with Gasteiger partial charge in [-0.3, -0.25) is 9.59 Å². The van der Waals surface area contributed by atoms with Crippen LogP contribution in [0.4, 0.5) is 0 Å². The summed E-state index contributed by atoms with van der Waals surface area (Å²) in [4.78, 5) is 29.0. The van der Waals surface area contributed by atoms with Crippen LogP contribution in [0.25, 0.3) is 0 Å². The van der Waals surface area contributed by atoms with Gasteiger partial charge in [0.25, 0.3) is 0 Å². The van der Waals surface area contributed by atoms with E-state index < -0.39 is 11.6 Å². The topological polar surface area (TPSA) is 58.6 Å². The van der Waals surface area contributed by atoms with Crippen molar-refractivity contribution in [2.45, 2.75) is 51.7 Å². The Kier molecular flexibility index (Phi) is 8.94. The fraction of sp³-hybridized carbons (Fsp3) is 0.310. The third-order valence-electron chi connectivity index (χ3n) is 5.56. The Balaban J connectivity index is 2.01. The molecule has 0 aromatic heterocycles. The van der Waals surface area contributed by atoms with Gasteiger partial charge in [-0.05, 0) is 55.7 Å². The monoisotopic (exact) mass is 492 g/mol. The van der Waals surface area contributed by atoms with Crippen LogP contribution in [0.5, 0.6) is 5.75 Å². The molecule has 1 atom stereocenters. The second-order valence-corrected chi connectivity index (χ2v) is 9.99. The first-order valence-electron chi connectivity index (χ1n) is 11.7. The van der Waals surface area contributed by atoms with Crippen LogP contribution in [0.3, 0.4) is 0 Å². The van der Waals surface area contributed by atoms with Crippen molar-refractivity contribution < 1.29 is 14.3 Å². The smallest absolute Gasteiger partial charge is 0.243 e. The predicted octanol–water partition coefficient (Wildman–Crippen LogP) is 5.45. The second kappa shape index (κ2) is 11.9. The number of halogens is 1. The molecule has 3 rings (SSSR count). The van der Waals surface area contributed by atoms with Gasteiger partial charge < -0.3 is 15.0 Å². The van der Waals surface area contributed by atoms with Gasteiger partial charge in [0.1, 0.15) is 11.8 Å². The molecule has 0 fully saturated rings. The van der Waals surface area contributed by atoms with Gasteiger partial charge >= 0.3 is 0 Å². The molecule has 0 radical (unpaired) electrons. The summed E-state index contributed by atoms with van der Waals surface area (Å²) in [5.74, 6) is 0.322. The molecule has 0 spiro atoms. The van der Waals surface area contributed by atoms with Crippen molar-refractivity contribution in [2.24, 2.45) is 0 Å². The van der Waals surface area contributed by atoms with Crippen molar-refractivity contribution in [3.05, 3.63) is 101 Å². The molecule has 0 bridgehead atoms. The number of ether oxygens (including phenoxy) is 1. The lowest BCUT2D eigenvalue weighted by Crippen LogP contribution is -2.54. The quantitative estimate of drug-likeness (QED) is 0.432. The van der Waals surface area contributed by atoms with Crippen LogP contribution >= 0.6 is 11.6 Å². The van der Waals surface area contributed by atoms with Crippen molar-refractivity contribution in [3.63, 3.8) is 0 Å². The van der Waals surface area contributed by atoms with Crippen LogP contribution in [-0.2, 0) is 29.0 Å². The molecule has 6 heteroatoms. The molecule has 0 aliphatic heterocycles. The van der Waals surface area contributed by atoms with E-state index in [9.17, 15) is 9.59 Å². The lowest BCUT2D eigenvalue weighted by molar-refractivity contribution is -0.141. The first kappa shape index (κ1) is 26.3. The summed E-state index contributed by atoms with van der Waals surface area (Å²) in [6.07, 6.45) is 0.485. The average molecular weight is 493 g/mol. The van der Waals surface area contributed by atoms with Gasteiger partial charge in [0.2, 0.25) is 11.8 Å². The van der Waals surface area contributed by atoms with Crippen molar-refractivity contribution in [2.75, 3.05) is 7.11 Å². The number of methoxy groups -OCH3 is 1. The number of carbonyl (C=O) groups is 2. The minimum Gasteiger partial charge on any atom is -0.497 e. The standard InChI is InChI=1S/C29H33ClN2O3/c1-29(2,3)31-28(34)26(18-21-11-6-5-7-12-21)32(20-22-13-10-15-24(17-22)35-4)27(33)19-23-14-8-9-16-25(23)30/h5-17,26H,18-20H2,1-4H3,(H,31,34)/t26-/m0/s1. The van der Waals surface area contributed by atoms with Gasteiger partial charge in [-0.15, -0.1) is 0 Å². The molecule has 5 nitrogen and oxygen atoms in total. The lowest BCUT2D eigenvalue weighted by atomic mass is 9.99. The van der Waals surface area contributed by atoms with Crippen molar-refractivity contribution in [3.8, 4) is 5.75 Å². The van der Waals surface area contributed by atoms with Gasteiger partial charge in [-0.25, -0.2) is 0 Å². The van der Waals surface area contributed by atoms with Gasteiger partial charge in [0, 0.05) is 23.5 Å². The average Bonchev–Trinajstić information content (AvgIpc) is 2.82. The minimum absolute atomic E-state index is 0.0950. The van der Waals surface area contributed by atoms with Gasteiger partial charge in [0.05, 0.1) is 13.5 Å². The normalized spacial score (nSPS) is 12.0. The molecule has 0 saturated carbocycles. The molecule has 3 aromatic rings. The maximum atomic E-state index is 13.8. The summed E-state index contributed by atoms with van der Waals surface area (Å²) in [5.41, 5.74) is 2.13. The van der Waals surface area contributed by atoms with Crippen LogP contribution in [0.2, 0.25) is 5.02 Å². The van der Waals surface area contributed by atoms with Crippen LogP contribution in [0, 0.1) is 0 Å². The Morgan fingerprint density at radius 3 is 2.26 bits per heavy atom. The number of carbonyl (C=O) groups excluding carboxylic acids is 2. The van der Waals surface area contributed by atoms with Crippen LogP contribution in [-0.4, -0.2) is 35.4 Å². The largest absolute Gasteiger partial charge is 0.497 e. The summed E-state index contributed by atoms with van der Waals surface area (Å²) in [6, 6.07) is 23.9. The molecule has 1 N–H and O–H groups in total. The molecule has 0 saturated heterocycles. The summed E-state index contributed by atoms with van der Waals surface area (Å²) in [5, 5.41) is 3.60. The Labute approximate surface area is 213 Å². The van der Waals surface area contributed by atoms with Crippen molar-refractivity contribution >= 4 is 23.4 Å². The molecule has 0 aliphatic rings. The zero-order valence-electron chi connectivity index (χ0n) is 20.8. The maximum absolute atomic E-state index is 13.8. The fourth-order valence-electron chi connectivity index (χ4n) is 3.88. The van der Waals surface area contributed by atoms with E-state index in [1.807, 2.05) is 93.6 Å². The van der Waals surface area contributed by atoms with Crippen LogP contribution < -0.4 is 10.1 Å². The summed E-state index contributed by atoms with van der Waals surface area (Å²) in [6.45, 7) is 6.06. The number of benzene rings is 3. The molecule has 35 heavy (non-hydrogen) atoms.